The molecule has 0 amide bonds. The molecule has 0 spiro atoms. The first-order chi connectivity index (χ1) is 6.68. The predicted molar refractivity (Wildman–Crippen MR) is 64.1 cm³/mol. The first kappa shape index (κ1) is 9.91. The minimum atomic E-state index is 0.265. The van der Waals surface area contributed by atoms with Gasteiger partial charge >= 0.3 is 0 Å². The van der Waals surface area contributed by atoms with Gasteiger partial charge in [-0.1, -0.05) is 6.08 Å². The Morgan fingerprint density at radius 2 is 1.79 bits per heavy atom. The summed E-state index contributed by atoms with van der Waals surface area (Å²) in [6, 6.07) is 0. The van der Waals surface area contributed by atoms with Crippen molar-refractivity contribution in [1.29, 1.82) is 0 Å². The van der Waals surface area contributed by atoms with Crippen LogP contribution in [0.15, 0.2) is 23.3 Å². The summed E-state index contributed by atoms with van der Waals surface area (Å²) in [5, 5.41) is 0. The maximum Gasteiger partial charge on any atom is 0.194 e. The first-order valence-electron chi connectivity index (χ1n) is 5.14. The van der Waals surface area contributed by atoms with Crippen molar-refractivity contribution in [3.8, 4) is 0 Å². The van der Waals surface area contributed by atoms with Crippen molar-refractivity contribution < 1.29 is 4.79 Å². The van der Waals surface area contributed by atoms with Gasteiger partial charge in [-0.05, 0) is 55.4 Å². The zero-order valence-electron chi connectivity index (χ0n) is 8.80. The number of ketones is 1. The van der Waals surface area contributed by atoms with Crippen molar-refractivity contribution in [3.63, 3.8) is 0 Å². The third-order valence-corrected chi connectivity index (χ3v) is 5.22. The zero-order valence-corrected chi connectivity index (χ0v) is 9.62. The number of carbonyl (C=O) groups excluding carboxylic acids is 1. The van der Waals surface area contributed by atoms with E-state index in [-0.39, 0.29) is 10.5 Å². The third kappa shape index (κ3) is 1.76. The van der Waals surface area contributed by atoms with E-state index < -0.39 is 0 Å². The predicted octanol–water partition coefficient (Wildman–Crippen LogP) is 2.70. The molecule has 0 unspecified atom stereocenters. The molecule has 0 atom stereocenters. The summed E-state index contributed by atoms with van der Waals surface area (Å²) >= 11 is 0. The second-order valence-corrected chi connectivity index (χ2v) is 6.26. The molecule has 1 nitrogen and oxygen atoms in total. The monoisotopic (exact) mass is 208 g/mol. The van der Waals surface area contributed by atoms with E-state index in [1.807, 2.05) is 13.0 Å². The SMILES string of the molecule is CC1=CC(=S2CCCC2)C(=O)C(C)=C1. The Morgan fingerprint density at radius 3 is 2.43 bits per heavy atom. The van der Waals surface area contributed by atoms with Gasteiger partial charge in [0, 0.05) is 4.86 Å². The highest BCUT2D eigenvalue weighted by atomic mass is 32.2. The number of carbonyl (C=O) groups is 1. The van der Waals surface area contributed by atoms with Crippen LogP contribution in [-0.4, -0.2) is 22.2 Å². The van der Waals surface area contributed by atoms with E-state index in [1.54, 1.807) is 0 Å². The Hall–Kier alpha value is -0.630. The minimum absolute atomic E-state index is 0.265. The molecular formula is C12H16OS. The summed E-state index contributed by atoms with van der Waals surface area (Å²) in [5.74, 6) is 2.76. The average molecular weight is 208 g/mol. The molecule has 1 fully saturated rings. The van der Waals surface area contributed by atoms with Crippen molar-refractivity contribution in [2.24, 2.45) is 0 Å². The van der Waals surface area contributed by atoms with E-state index >= 15 is 0 Å². The molecule has 0 saturated carbocycles. The lowest BCUT2D eigenvalue weighted by molar-refractivity contribution is -0.109. The van der Waals surface area contributed by atoms with Crippen LogP contribution in [0.4, 0.5) is 0 Å². The Balaban J connectivity index is 2.42. The molecule has 1 heterocycles. The van der Waals surface area contributed by atoms with E-state index in [0.29, 0.717) is 5.78 Å². The fourth-order valence-corrected chi connectivity index (χ4v) is 4.53. The van der Waals surface area contributed by atoms with Crippen LogP contribution in [0, 0.1) is 0 Å². The highest BCUT2D eigenvalue weighted by Gasteiger charge is 2.19. The van der Waals surface area contributed by atoms with Crippen molar-refractivity contribution in [2.45, 2.75) is 26.7 Å². The van der Waals surface area contributed by atoms with E-state index in [2.05, 4.69) is 13.0 Å². The highest BCUT2D eigenvalue weighted by molar-refractivity contribution is 8.17. The normalized spacial score (nSPS) is 23.9. The van der Waals surface area contributed by atoms with Crippen LogP contribution in [0.1, 0.15) is 26.7 Å². The number of hydrogen-bond acceptors (Lipinski definition) is 1. The Bertz CT molecular complexity index is 364. The minimum Gasteiger partial charge on any atom is -0.288 e. The van der Waals surface area contributed by atoms with Crippen LogP contribution in [0.25, 0.3) is 0 Å². The lowest BCUT2D eigenvalue weighted by atomic mass is 10.0. The second-order valence-electron chi connectivity index (χ2n) is 4.02. The van der Waals surface area contributed by atoms with Gasteiger partial charge in [0.15, 0.2) is 5.78 Å². The smallest absolute Gasteiger partial charge is 0.194 e. The molecule has 0 aromatic heterocycles. The van der Waals surface area contributed by atoms with Gasteiger partial charge in [-0.15, -0.1) is 0 Å². The molecule has 2 aliphatic rings. The zero-order chi connectivity index (χ0) is 10.1. The Kier molecular flexibility index (Phi) is 2.73. The highest BCUT2D eigenvalue weighted by Crippen LogP contribution is 2.30. The topological polar surface area (TPSA) is 17.1 Å². The molecular weight excluding hydrogens is 192 g/mol. The lowest BCUT2D eigenvalue weighted by Gasteiger charge is -2.13. The van der Waals surface area contributed by atoms with Crippen molar-refractivity contribution >= 4 is 21.1 Å². The fraction of sp³-hybridized carbons (Fsp3) is 0.500. The molecule has 2 heteroatoms. The van der Waals surface area contributed by atoms with E-state index in [9.17, 15) is 4.79 Å². The molecule has 0 N–H and O–H groups in total. The van der Waals surface area contributed by atoms with E-state index in [4.69, 9.17) is 0 Å². The third-order valence-electron chi connectivity index (χ3n) is 2.73. The Labute approximate surface area is 87.8 Å². The number of hydrogen-bond donors (Lipinski definition) is 0. The summed E-state index contributed by atoms with van der Waals surface area (Å²) < 4.78 is 0. The van der Waals surface area contributed by atoms with Gasteiger partial charge in [0.25, 0.3) is 0 Å². The molecule has 0 aromatic carbocycles. The van der Waals surface area contributed by atoms with Gasteiger partial charge in [0.1, 0.15) is 0 Å². The summed E-state index contributed by atoms with van der Waals surface area (Å²) in [7, 11) is 0.265. The quantitative estimate of drug-likeness (QED) is 0.559. The second kappa shape index (κ2) is 3.85. The van der Waals surface area contributed by atoms with E-state index in [1.165, 1.54) is 29.9 Å². The van der Waals surface area contributed by atoms with Crippen LogP contribution >= 0.6 is 10.5 Å². The number of allylic oxidation sites excluding steroid dienone is 4. The summed E-state index contributed by atoms with van der Waals surface area (Å²) in [6.45, 7) is 4.01. The van der Waals surface area contributed by atoms with Crippen LogP contribution < -0.4 is 0 Å². The molecule has 1 aliphatic carbocycles. The van der Waals surface area contributed by atoms with Gasteiger partial charge in [-0.2, -0.15) is 10.5 Å². The van der Waals surface area contributed by atoms with Gasteiger partial charge in [0.2, 0.25) is 0 Å². The van der Waals surface area contributed by atoms with Gasteiger partial charge < -0.3 is 0 Å². The fourth-order valence-electron chi connectivity index (χ4n) is 2.00. The molecule has 1 saturated heterocycles. The molecule has 2 rings (SSSR count). The lowest BCUT2D eigenvalue weighted by Crippen LogP contribution is -2.17. The van der Waals surface area contributed by atoms with Gasteiger partial charge in [-0.3, -0.25) is 4.79 Å². The van der Waals surface area contributed by atoms with Crippen LogP contribution in [-0.2, 0) is 4.79 Å². The average Bonchev–Trinajstić information content (AvgIpc) is 2.63. The Morgan fingerprint density at radius 1 is 1.14 bits per heavy atom. The molecule has 0 radical (unpaired) electrons. The first-order valence-corrected chi connectivity index (χ1v) is 6.70. The number of Topliss-reactive ketones (excluding diaryl/α,β-unsaturated/α-hetero) is 1. The van der Waals surface area contributed by atoms with Crippen molar-refractivity contribution in [2.75, 3.05) is 11.5 Å². The van der Waals surface area contributed by atoms with Crippen LogP contribution in [0.2, 0.25) is 0 Å². The van der Waals surface area contributed by atoms with E-state index in [0.717, 1.165) is 10.4 Å². The standard InChI is InChI=1S/C12H16OS/c1-9-7-10(2)12(13)11(8-9)14-5-3-4-6-14/h7-8H,3-6H2,1-2H3. The largest absolute Gasteiger partial charge is 0.288 e. The molecule has 1 aliphatic heterocycles. The summed E-state index contributed by atoms with van der Waals surface area (Å²) in [5.41, 5.74) is 2.15. The van der Waals surface area contributed by atoms with Gasteiger partial charge in [0.05, 0.1) is 0 Å². The van der Waals surface area contributed by atoms with Crippen molar-refractivity contribution in [3.05, 3.63) is 23.3 Å². The maximum absolute atomic E-state index is 11.9. The van der Waals surface area contributed by atoms with Crippen LogP contribution in [0.5, 0.6) is 0 Å². The summed E-state index contributed by atoms with van der Waals surface area (Å²) in [6.07, 6.45) is 6.69. The van der Waals surface area contributed by atoms with Crippen LogP contribution in [0.3, 0.4) is 0 Å². The molecule has 76 valence electrons. The van der Waals surface area contributed by atoms with Gasteiger partial charge in [-0.25, -0.2) is 0 Å². The van der Waals surface area contributed by atoms with Crippen molar-refractivity contribution in [1.82, 2.24) is 0 Å². The maximum atomic E-state index is 11.9. The number of rotatable bonds is 0. The molecule has 0 aromatic rings. The summed E-state index contributed by atoms with van der Waals surface area (Å²) in [4.78, 5) is 13.0. The molecule has 0 bridgehead atoms. The molecule has 14 heavy (non-hydrogen) atoms.